The Hall–Kier alpha value is -1.06. The summed E-state index contributed by atoms with van der Waals surface area (Å²) < 4.78 is 10.9. The molecule has 0 saturated carbocycles. The second kappa shape index (κ2) is 5.87. The van der Waals surface area contributed by atoms with Crippen LogP contribution in [0.3, 0.4) is 0 Å². The Bertz CT molecular complexity index is 283. The minimum atomic E-state index is 0.348. The van der Waals surface area contributed by atoms with Gasteiger partial charge < -0.3 is 9.47 Å². The van der Waals surface area contributed by atoms with E-state index in [1.165, 1.54) is 0 Å². The first-order chi connectivity index (χ1) is 7.84. The third-order valence-corrected chi connectivity index (χ3v) is 2.75. The van der Waals surface area contributed by atoms with Crippen LogP contribution in [0.25, 0.3) is 0 Å². The lowest BCUT2D eigenvalue weighted by Gasteiger charge is -2.13. The lowest BCUT2D eigenvalue weighted by Crippen LogP contribution is -2.13. The molecule has 0 amide bonds. The van der Waals surface area contributed by atoms with Gasteiger partial charge in [-0.05, 0) is 19.8 Å². The number of ether oxygens (including phenoxy) is 2. The van der Waals surface area contributed by atoms with Gasteiger partial charge in [0, 0.05) is 25.8 Å². The first-order valence-electron chi connectivity index (χ1n) is 6.20. The SMILES string of the molecule is CC1COC(CCCCC2=NCCCO2)=N1. The highest BCUT2D eigenvalue weighted by Crippen LogP contribution is 2.11. The van der Waals surface area contributed by atoms with Crippen molar-refractivity contribution in [2.75, 3.05) is 19.8 Å². The second-order valence-corrected chi connectivity index (χ2v) is 4.37. The van der Waals surface area contributed by atoms with Crippen molar-refractivity contribution >= 4 is 11.8 Å². The summed E-state index contributed by atoms with van der Waals surface area (Å²) in [6.45, 7) is 4.61. The third-order valence-electron chi connectivity index (χ3n) is 2.75. The average Bonchev–Trinajstić information content (AvgIpc) is 2.72. The van der Waals surface area contributed by atoms with Gasteiger partial charge in [-0.1, -0.05) is 0 Å². The monoisotopic (exact) mass is 224 g/mol. The molecule has 2 aliphatic rings. The molecule has 2 rings (SSSR count). The second-order valence-electron chi connectivity index (χ2n) is 4.37. The molecule has 0 radical (unpaired) electrons. The number of aliphatic imine (C=N–C) groups is 2. The fourth-order valence-corrected chi connectivity index (χ4v) is 1.88. The maximum Gasteiger partial charge on any atom is 0.183 e. The van der Waals surface area contributed by atoms with Crippen LogP contribution < -0.4 is 0 Å². The van der Waals surface area contributed by atoms with Gasteiger partial charge in [0.05, 0.1) is 12.6 Å². The number of nitrogens with zero attached hydrogens (tertiary/aromatic N) is 2. The largest absolute Gasteiger partial charge is 0.481 e. The van der Waals surface area contributed by atoms with Crippen LogP contribution >= 0.6 is 0 Å². The lowest BCUT2D eigenvalue weighted by atomic mass is 10.2. The van der Waals surface area contributed by atoms with Crippen molar-refractivity contribution in [3.05, 3.63) is 0 Å². The topological polar surface area (TPSA) is 43.2 Å². The van der Waals surface area contributed by atoms with Crippen molar-refractivity contribution in [3.63, 3.8) is 0 Å². The van der Waals surface area contributed by atoms with Gasteiger partial charge >= 0.3 is 0 Å². The molecular weight excluding hydrogens is 204 g/mol. The highest BCUT2D eigenvalue weighted by atomic mass is 16.5. The Balaban J connectivity index is 1.58. The molecule has 4 heteroatoms. The van der Waals surface area contributed by atoms with E-state index in [0.717, 1.165) is 63.7 Å². The van der Waals surface area contributed by atoms with Crippen LogP contribution in [-0.2, 0) is 9.47 Å². The van der Waals surface area contributed by atoms with Crippen LogP contribution in [-0.4, -0.2) is 37.6 Å². The summed E-state index contributed by atoms with van der Waals surface area (Å²) in [5.41, 5.74) is 0. The molecule has 0 aliphatic carbocycles. The van der Waals surface area contributed by atoms with E-state index in [2.05, 4.69) is 16.9 Å². The normalized spacial score (nSPS) is 24.4. The Labute approximate surface area is 96.8 Å². The fraction of sp³-hybridized carbons (Fsp3) is 0.833. The maximum absolute atomic E-state index is 5.46. The smallest absolute Gasteiger partial charge is 0.183 e. The standard InChI is InChI=1S/C12H20N2O2/c1-10-9-16-12(14-10)6-3-2-5-11-13-7-4-8-15-11/h10H,2-9H2,1H3. The third kappa shape index (κ3) is 3.51. The van der Waals surface area contributed by atoms with Crippen LogP contribution in [0.15, 0.2) is 9.98 Å². The van der Waals surface area contributed by atoms with Crippen LogP contribution in [0.1, 0.15) is 39.0 Å². The maximum atomic E-state index is 5.46. The van der Waals surface area contributed by atoms with E-state index in [4.69, 9.17) is 9.47 Å². The molecule has 0 fully saturated rings. The zero-order valence-electron chi connectivity index (χ0n) is 9.95. The van der Waals surface area contributed by atoms with Crippen molar-refractivity contribution in [2.24, 2.45) is 9.98 Å². The summed E-state index contributed by atoms with van der Waals surface area (Å²) in [6, 6.07) is 0.348. The van der Waals surface area contributed by atoms with Gasteiger partial charge in [-0.25, -0.2) is 4.99 Å². The van der Waals surface area contributed by atoms with Crippen molar-refractivity contribution in [2.45, 2.75) is 45.1 Å². The van der Waals surface area contributed by atoms with Crippen LogP contribution in [0.5, 0.6) is 0 Å². The predicted molar refractivity (Wildman–Crippen MR) is 64.2 cm³/mol. The van der Waals surface area contributed by atoms with E-state index < -0.39 is 0 Å². The van der Waals surface area contributed by atoms with E-state index >= 15 is 0 Å². The van der Waals surface area contributed by atoms with E-state index in [1.807, 2.05) is 0 Å². The summed E-state index contributed by atoms with van der Waals surface area (Å²) in [6.07, 6.45) is 5.19. The van der Waals surface area contributed by atoms with Crippen LogP contribution in [0.4, 0.5) is 0 Å². The molecule has 1 unspecified atom stereocenters. The molecule has 2 heterocycles. The number of hydrogen-bond acceptors (Lipinski definition) is 4. The summed E-state index contributed by atoms with van der Waals surface area (Å²) >= 11 is 0. The zero-order chi connectivity index (χ0) is 11.2. The Kier molecular flexibility index (Phi) is 4.19. The Morgan fingerprint density at radius 1 is 1.19 bits per heavy atom. The molecule has 0 aromatic rings. The van der Waals surface area contributed by atoms with E-state index in [9.17, 15) is 0 Å². The molecule has 0 aromatic heterocycles. The molecule has 1 atom stereocenters. The molecule has 4 nitrogen and oxygen atoms in total. The van der Waals surface area contributed by atoms with Crippen LogP contribution in [0, 0.1) is 0 Å². The number of hydrogen-bond donors (Lipinski definition) is 0. The van der Waals surface area contributed by atoms with Gasteiger partial charge in [0.15, 0.2) is 11.8 Å². The highest BCUT2D eigenvalue weighted by molar-refractivity contribution is 5.78. The van der Waals surface area contributed by atoms with Crippen molar-refractivity contribution in [3.8, 4) is 0 Å². The molecule has 16 heavy (non-hydrogen) atoms. The molecule has 90 valence electrons. The number of rotatable bonds is 5. The van der Waals surface area contributed by atoms with Crippen LogP contribution in [0.2, 0.25) is 0 Å². The summed E-state index contributed by atoms with van der Waals surface area (Å²) in [7, 11) is 0. The van der Waals surface area contributed by atoms with E-state index in [1.54, 1.807) is 0 Å². The quantitative estimate of drug-likeness (QED) is 0.672. The highest BCUT2D eigenvalue weighted by Gasteiger charge is 2.13. The molecule has 0 bridgehead atoms. The summed E-state index contributed by atoms with van der Waals surface area (Å²) in [4.78, 5) is 8.75. The molecule has 2 aliphatic heterocycles. The predicted octanol–water partition coefficient (Wildman–Crippen LogP) is 2.18. The first-order valence-corrected chi connectivity index (χ1v) is 6.20. The van der Waals surface area contributed by atoms with Crippen molar-refractivity contribution in [1.29, 1.82) is 0 Å². The molecule has 0 N–H and O–H groups in total. The molecule has 0 aromatic carbocycles. The fourth-order valence-electron chi connectivity index (χ4n) is 1.88. The van der Waals surface area contributed by atoms with Gasteiger partial charge in [0.2, 0.25) is 0 Å². The molecular formula is C12H20N2O2. The minimum Gasteiger partial charge on any atom is -0.481 e. The first kappa shape index (κ1) is 11.4. The van der Waals surface area contributed by atoms with Gasteiger partial charge in [0.1, 0.15) is 6.61 Å². The lowest BCUT2D eigenvalue weighted by molar-refractivity contribution is 0.272. The zero-order valence-corrected chi connectivity index (χ0v) is 9.95. The molecule has 0 spiro atoms. The van der Waals surface area contributed by atoms with E-state index in [0.29, 0.717) is 6.04 Å². The summed E-state index contributed by atoms with van der Waals surface area (Å²) in [5.74, 6) is 1.87. The van der Waals surface area contributed by atoms with E-state index in [-0.39, 0.29) is 0 Å². The van der Waals surface area contributed by atoms with Crippen molar-refractivity contribution < 1.29 is 9.47 Å². The van der Waals surface area contributed by atoms with Crippen molar-refractivity contribution in [1.82, 2.24) is 0 Å². The van der Waals surface area contributed by atoms with Gasteiger partial charge in [-0.15, -0.1) is 0 Å². The van der Waals surface area contributed by atoms with Gasteiger partial charge in [0.25, 0.3) is 0 Å². The Morgan fingerprint density at radius 3 is 2.62 bits per heavy atom. The Morgan fingerprint density at radius 2 is 2.00 bits per heavy atom. The van der Waals surface area contributed by atoms with Gasteiger partial charge in [-0.2, -0.15) is 0 Å². The average molecular weight is 224 g/mol. The van der Waals surface area contributed by atoms with Gasteiger partial charge in [-0.3, -0.25) is 4.99 Å². The summed E-state index contributed by atoms with van der Waals surface area (Å²) in [5, 5.41) is 0. The molecule has 0 saturated heterocycles. The minimum absolute atomic E-state index is 0.348. The number of unbranched alkanes of at least 4 members (excludes halogenated alkanes) is 1.